The molecule has 0 saturated carbocycles. The number of hydrogen-bond donors (Lipinski definition) is 1. The second kappa shape index (κ2) is 3.57. The summed E-state index contributed by atoms with van der Waals surface area (Å²) < 4.78 is 14.1. The Balaban J connectivity index is 2.36. The van der Waals surface area contributed by atoms with Crippen LogP contribution in [-0.4, -0.2) is 19.1 Å². The quantitative estimate of drug-likeness (QED) is 0.823. The normalized spacial score (nSPS) is 15.9. The van der Waals surface area contributed by atoms with E-state index >= 15 is 0 Å². The van der Waals surface area contributed by atoms with Gasteiger partial charge in [-0.25, -0.2) is 9.18 Å². The van der Waals surface area contributed by atoms with Gasteiger partial charge in [0.15, 0.2) is 0 Å². The van der Waals surface area contributed by atoms with Gasteiger partial charge in [0.05, 0.1) is 5.69 Å². The lowest BCUT2D eigenvalue weighted by atomic mass is 10.3. The van der Waals surface area contributed by atoms with Crippen molar-refractivity contribution in [2.24, 2.45) is 0 Å². The van der Waals surface area contributed by atoms with E-state index in [2.05, 4.69) is 21.2 Å². The van der Waals surface area contributed by atoms with Crippen LogP contribution in [0.5, 0.6) is 0 Å². The van der Waals surface area contributed by atoms with Gasteiger partial charge in [0.2, 0.25) is 0 Å². The van der Waals surface area contributed by atoms with E-state index in [1.807, 2.05) is 0 Å². The molecule has 1 aromatic rings. The Kier molecular flexibility index (Phi) is 2.41. The number of rotatable bonds is 1. The highest BCUT2D eigenvalue weighted by molar-refractivity contribution is 9.10. The van der Waals surface area contributed by atoms with Crippen molar-refractivity contribution in [2.45, 2.75) is 0 Å². The highest BCUT2D eigenvalue weighted by Gasteiger charge is 2.23. The van der Waals surface area contributed by atoms with Gasteiger partial charge in [0.1, 0.15) is 5.82 Å². The maximum atomic E-state index is 13.4. The van der Waals surface area contributed by atoms with E-state index in [1.165, 1.54) is 11.0 Å². The number of hydrogen-bond acceptors (Lipinski definition) is 1. The Bertz CT molecular complexity index is 383. The van der Waals surface area contributed by atoms with Gasteiger partial charge in [-0.2, -0.15) is 0 Å². The predicted octanol–water partition coefficient (Wildman–Crippen LogP) is 2.12. The summed E-state index contributed by atoms with van der Waals surface area (Å²) in [7, 11) is 0. The van der Waals surface area contributed by atoms with E-state index < -0.39 is 5.82 Å². The van der Waals surface area contributed by atoms with Crippen molar-refractivity contribution in [3.8, 4) is 0 Å². The molecule has 3 nitrogen and oxygen atoms in total. The van der Waals surface area contributed by atoms with Crippen molar-refractivity contribution in [1.82, 2.24) is 5.32 Å². The van der Waals surface area contributed by atoms with Crippen molar-refractivity contribution in [3.05, 3.63) is 28.5 Å². The molecule has 2 amide bonds. The first-order chi connectivity index (χ1) is 6.68. The molecule has 0 bridgehead atoms. The zero-order valence-electron chi connectivity index (χ0n) is 7.26. The van der Waals surface area contributed by atoms with E-state index in [-0.39, 0.29) is 6.03 Å². The summed E-state index contributed by atoms with van der Waals surface area (Å²) in [5, 5.41) is 2.62. The van der Waals surface area contributed by atoms with Crippen LogP contribution in [0.1, 0.15) is 0 Å². The predicted molar refractivity (Wildman–Crippen MR) is 54.8 cm³/mol. The lowest BCUT2D eigenvalue weighted by Gasteiger charge is -2.14. The van der Waals surface area contributed by atoms with Gasteiger partial charge in [-0.1, -0.05) is 15.9 Å². The minimum atomic E-state index is -0.392. The molecule has 74 valence electrons. The zero-order valence-corrected chi connectivity index (χ0v) is 8.84. The molecule has 14 heavy (non-hydrogen) atoms. The van der Waals surface area contributed by atoms with Gasteiger partial charge < -0.3 is 5.32 Å². The second-order valence-corrected chi connectivity index (χ2v) is 3.89. The van der Waals surface area contributed by atoms with Gasteiger partial charge in [0.25, 0.3) is 0 Å². The number of halogens is 2. The molecule has 1 saturated heterocycles. The lowest BCUT2D eigenvalue weighted by molar-refractivity contribution is 0.252. The summed E-state index contributed by atoms with van der Waals surface area (Å²) in [6.07, 6.45) is 0. The van der Waals surface area contributed by atoms with Gasteiger partial charge in [-0.15, -0.1) is 0 Å². The standard InChI is InChI=1S/C9H8BrFN2O/c10-6-1-2-8(7(11)5-6)13-4-3-12-9(13)14/h1-2,5H,3-4H2,(H,12,14). The third-order valence-electron chi connectivity index (χ3n) is 2.06. The van der Waals surface area contributed by atoms with E-state index in [4.69, 9.17) is 0 Å². The zero-order chi connectivity index (χ0) is 10.1. The minimum Gasteiger partial charge on any atom is -0.336 e. The molecule has 0 atom stereocenters. The summed E-state index contributed by atoms with van der Waals surface area (Å²) in [6.45, 7) is 1.08. The molecule has 0 unspecified atom stereocenters. The number of carbonyl (C=O) groups excluding carboxylic acids is 1. The first kappa shape index (κ1) is 9.45. The monoisotopic (exact) mass is 258 g/mol. The van der Waals surface area contributed by atoms with Crippen LogP contribution in [-0.2, 0) is 0 Å². The van der Waals surface area contributed by atoms with Crippen LogP contribution < -0.4 is 10.2 Å². The highest BCUT2D eigenvalue weighted by atomic mass is 79.9. The number of carbonyl (C=O) groups is 1. The summed E-state index contributed by atoms with van der Waals surface area (Å²) in [5.74, 6) is -0.392. The molecular formula is C9H8BrFN2O. The summed E-state index contributed by atoms with van der Waals surface area (Å²) in [6, 6.07) is 4.40. The Morgan fingerprint density at radius 1 is 1.50 bits per heavy atom. The molecule has 0 aliphatic carbocycles. The fraction of sp³-hybridized carbons (Fsp3) is 0.222. The van der Waals surface area contributed by atoms with Crippen molar-refractivity contribution < 1.29 is 9.18 Å². The SMILES string of the molecule is O=C1NCCN1c1ccc(Br)cc1F. The van der Waals surface area contributed by atoms with E-state index in [0.717, 1.165) is 0 Å². The van der Waals surface area contributed by atoms with E-state index in [9.17, 15) is 9.18 Å². The van der Waals surface area contributed by atoms with Crippen molar-refractivity contribution in [1.29, 1.82) is 0 Å². The first-order valence-electron chi connectivity index (χ1n) is 4.19. The second-order valence-electron chi connectivity index (χ2n) is 2.98. The van der Waals surface area contributed by atoms with Crippen molar-refractivity contribution in [2.75, 3.05) is 18.0 Å². The van der Waals surface area contributed by atoms with Crippen LogP contribution in [0.4, 0.5) is 14.9 Å². The molecule has 2 rings (SSSR count). The van der Waals surface area contributed by atoms with Crippen molar-refractivity contribution in [3.63, 3.8) is 0 Å². The largest absolute Gasteiger partial charge is 0.336 e. The lowest BCUT2D eigenvalue weighted by Crippen LogP contribution is -2.28. The number of benzene rings is 1. The molecule has 1 aliphatic rings. The summed E-state index contributed by atoms with van der Waals surface area (Å²) >= 11 is 3.16. The molecule has 0 aromatic heterocycles. The van der Waals surface area contributed by atoms with Crippen LogP contribution >= 0.6 is 15.9 Å². The smallest absolute Gasteiger partial charge is 0.322 e. The molecule has 0 radical (unpaired) electrons. The maximum absolute atomic E-state index is 13.4. The summed E-state index contributed by atoms with van der Waals surface area (Å²) in [4.78, 5) is 12.6. The van der Waals surface area contributed by atoms with E-state index in [0.29, 0.717) is 23.2 Å². The van der Waals surface area contributed by atoms with Crippen LogP contribution in [0.25, 0.3) is 0 Å². The van der Waals surface area contributed by atoms with Crippen molar-refractivity contribution >= 4 is 27.6 Å². The Morgan fingerprint density at radius 3 is 2.86 bits per heavy atom. The fourth-order valence-corrected chi connectivity index (χ4v) is 1.73. The Labute approximate surface area is 89.0 Å². The maximum Gasteiger partial charge on any atom is 0.322 e. The Morgan fingerprint density at radius 2 is 2.29 bits per heavy atom. The average Bonchev–Trinajstić information content (AvgIpc) is 2.52. The first-order valence-corrected chi connectivity index (χ1v) is 4.98. The topological polar surface area (TPSA) is 32.3 Å². The molecule has 1 N–H and O–H groups in total. The minimum absolute atomic E-state index is 0.244. The molecule has 0 spiro atoms. The third-order valence-corrected chi connectivity index (χ3v) is 2.55. The fourth-order valence-electron chi connectivity index (χ4n) is 1.40. The molecule has 1 aromatic carbocycles. The number of nitrogens with zero attached hydrogens (tertiary/aromatic N) is 1. The van der Waals surface area contributed by atoms with Crippen LogP contribution in [0.2, 0.25) is 0 Å². The molecule has 1 fully saturated rings. The molecular weight excluding hydrogens is 251 g/mol. The van der Waals surface area contributed by atoms with E-state index in [1.54, 1.807) is 12.1 Å². The number of nitrogens with one attached hydrogen (secondary N) is 1. The molecule has 1 aliphatic heterocycles. The van der Waals surface area contributed by atoms with Crippen LogP contribution in [0.15, 0.2) is 22.7 Å². The van der Waals surface area contributed by atoms with Crippen LogP contribution in [0.3, 0.4) is 0 Å². The van der Waals surface area contributed by atoms with Gasteiger partial charge >= 0.3 is 6.03 Å². The third kappa shape index (κ3) is 1.59. The van der Waals surface area contributed by atoms with Crippen LogP contribution in [0, 0.1) is 5.82 Å². The Hall–Kier alpha value is -1.10. The number of urea groups is 1. The molecule has 5 heteroatoms. The molecule has 1 heterocycles. The highest BCUT2D eigenvalue weighted by Crippen LogP contribution is 2.24. The van der Waals surface area contributed by atoms with Gasteiger partial charge in [0, 0.05) is 17.6 Å². The van der Waals surface area contributed by atoms with Gasteiger partial charge in [-0.3, -0.25) is 4.90 Å². The number of amides is 2. The average molecular weight is 259 g/mol. The number of anilines is 1. The summed E-state index contributed by atoms with van der Waals surface area (Å²) in [5.41, 5.74) is 0.322. The van der Waals surface area contributed by atoms with Gasteiger partial charge in [-0.05, 0) is 18.2 Å².